The Kier molecular flexibility index (Phi) is 5.91. The summed E-state index contributed by atoms with van der Waals surface area (Å²) in [4.78, 5) is 17.7. The Morgan fingerprint density at radius 1 is 1.23 bits per heavy atom. The van der Waals surface area contributed by atoms with Gasteiger partial charge in [-0.2, -0.15) is 5.10 Å². The summed E-state index contributed by atoms with van der Waals surface area (Å²) in [5.41, 5.74) is 6.42. The van der Waals surface area contributed by atoms with Gasteiger partial charge in [-0.25, -0.2) is 5.43 Å². The van der Waals surface area contributed by atoms with Crippen molar-refractivity contribution >= 4 is 46.4 Å². The van der Waals surface area contributed by atoms with E-state index in [0.717, 1.165) is 27.1 Å². The molecule has 0 aliphatic heterocycles. The molecule has 26 heavy (non-hydrogen) atoms. The largest absolute Gasteiger partial charge is 0.272 e. The zero-order chi connectivity index (χ0) is 18.5. The second kappa shape index (κ2) is 8.34. The molecule has 1 amide bonds. The molecule has 0 spiro atoms. The third-order valence-electron chi connectivity index (χ3n) is 3.66. The minimum atomic E-state index is -0.163. The van der Waals surface area contributed by atoms with E-state index in [-0.39, 0.29) is 11.7 Å². The van der Waals surface area contributed by atoms with Crippen molar-refractivity contribution in [2.24, 2.45) is 5.10 Å². The summed E-state index contributed by atoms with van der Waals surface area (Å²) in [6, 6.07) is 15.4. The standard InChI is InChI=1S/C20H18ClN3OS/c1-13-6-7-18-17(8-13)19(9-14(2)23-18)26-12-20(25)24-22-11-15-4-3-5-16(21)10-15/h3-11H,12H2,1-2H3,(H,24,25)/b22-11-. The molecule has 4 nitrogen and oxygen atoms in total. The number of nitrogens with zero attached hydrogens (tertiary/aromatic N) is 2. The van der Waals surface area contributed by atoms with E-state index in [1.807, 2.05) is 44.2 Å². The monoisotopic (exact) mass is 383 g/mol. The van der Waals surface area contributed by atoms with Crippen LogP contribution < -0.4 is 5.43 Å². The molecule has 3 aromatic rings. The molecule has 6 heteroatoms. The van der Waals surface area contributed by atoms with E-state index in [2.05, 4.69) is 21.6 Å². The van der Waals surface area contributed by atoms with E-state index in [9.17, 15) is 4.79 Å². The van der Waals surface area contributed by atoms with Crippen LogP contribution in [0.5, 0.6) is 0 Å². The fourth-order valence-corrected chi connectivity index (χ4v) is 3.62. The Morgan fingerprint density at radius 3 is 2.88 bits per heavy atom. The van der Waals surface area contributed by atoms with Gasteiger partial charge in [0.2, 0.25) is 5.91 Å². The Bertz CT molecular complexity index is 988. The summed E-state index contributed by atoms with van der Waals surface area (Å²) < 4.78 is 0. The highest BCUT2D eigenvalue weighted by Crippen LogP contribution is 2.28. The lowest BCUT2D eigenvalue weighted by atomic mass is 10.1. The maximum atomic E-state index is 12.1. The van der Waals surface area contributed by atoms with Crippen molar-refractivity contribution in [3.8, 4) is 0 Å². The summed E-state index contributed by atoms with van der Waals surface area (Å²) in [6.45, 7) is 4.00. The van der Waals surface area contributed by atoms with Crippen molar-refractivity contribution in [1.82, 2.24) is 10.4 Å². The van der Waals surface area contributed by atoms with Gasteiger partial charge in [-0.1, -0.05) is 35.4 Å². The van der Waals surface area contributed by atoms with Crippen molar-refractivity contribution in [1.29, 1.82) is 0 Å². The molecule has 0 saturated carbocycles. The van der Waals surface area contributed by atoms with Gasteiger partial charge in [0.25, 0.3) is 0 Å². The average Bonchev–Trinajstić information content (AvgIpc) is 2.60. The van der Waals surface area contributed by atoms with Crippen LogP contribution in [0.4, 0.5) is 0 Å². The predicted molar refractivity (Wildman–Crippen MR) is 109 cm³/mol. The molecule has 0 fully saturated rings. The van der Waals surface area contributed by atoms with Gasteiger partial charge in [0.15, 0.2) is 0 Å². The maximum Gasteiger partial charge on any atom is 0.250 e. The summed E-state index contributed by atoms with van der Waals surface area (Å²) in [7, 11) is 0. The smallest absolute Gasteiger partial charge is 0.250 e. The van der Waals surface area contributed by atoms with Gasteiger partial charge < -0.3 is 0 Å². The van der Waals surface area contributed by atoms with Gasteiger partial charge in [0.1, 0.15) is 0 Å². The summed E-state index contributed by atoms with van der Waals surface area (Å²) >= 11 is 7.40. The number of rotatable bonds is 5. The summed E-state index contributed by atoms with van der Waals surface area (Å²) in [5.74, 6) is 0.114. The molecule has 2 aromatic carbocycles. The average molecular weight is 384 g/mol. The predicted octanol–water partition coefficient (Wildman–Crippen LogP) is 4.75. The van der Waals surface area contributed by atoms with Gasteiger partial charge >= 0.3 is 0 Å². The fraction of sp³-hybridized carbons (Fsp3) is 0.150. The number of hydrogen-bond donors (Lipinski definition) is 1. The highest BCUT2D eigenvalue weighted by molar-refractivity contribution is 8.00. The van der Waals surface area contributed by atoms with Crippen molar-refractivity contribution in [3.63, 3.8) is 0 Å². The lowest BCUT2D eigenvalue weighted by molar-refractivity contribution is -0.118. The number of halogens is 1. The van der Waals surface area contributed by atoms with Gasteiger partial charge in [-0.05, 0) is 49.7 Å². The number of hydrazone groups is 1. The van der Waals surface area contributed by atoms with Crippen LogP contribution >= 0.6 is 23.4 Å². The number of aromatic nitrogens is 1. The molecular formula is C20H18ClN3OS. The number of amides is 1. The molecule has 1 N–H and O–H groups in total. The van der Waals surface area contributed by atoms with Gasteiger partial charge in [-0.3, -0.25) is 9.78 Å². The lowest BCUT2D eigenvalue weighted by Gasteiger charge is -2.08. The molecule has 0 unspecified atom stereocenters. The van der Waals surface area contributed by atoms with Gasteiger partial charge in [0, 0.05) is 21.0 Å². The number of carbonyl (C=O) groups excluding carboxylic acids is 1. The van der Waals surface area contributed by atoms with Crippen LogP contribution in [-0.2, 0) is 4.79 Å². The normalized spacial score (nSPS) is 11.2. The Labute approximate surface area is 161 Å². The topological polar surface area (TPSA) is 54.4 Å². The zero-order valence-electron chi connectivity index (χ0n) is 14.5. The van der Waals surface area contributed by atoms with Crippen molar-refractivity contribution < 1.29 is 4.79 Å². The molecule has 1 aromatic heterocycles. The second-order valence-electron chi connectivity index (χ2n) is 5.92. The molecule has 0 radical (unpaired) electrons. The van der Waals surface area contributed by atoms with Crippen molar-refractivity contribution in [3.05, 3.63) is 70.4 Å². The van der Waals surface area contributed by atoms with Gasteiger partial charge in [0.05, 0.1) is 17.5 Å². The minimum Gasteiger partial charge on any atom is -0.272 e. The van der Waals surface area contributed by atoms with E-state index in [4.69, 9.17) is 11.6 Å². The third-order valence-corrected chi connectivity index (χ3v) is 4.96. The number of fused-ring (bicyclic) bond motifs is 1. The van der Waals surface area contributed by atoms with Crippen LogP contribution in [-0.4, -0.2) is 22.9 Å². The van der Waals surface area contributed by atoms with Crippen LogP contribution in [0, 0.1) is 13.8 Å². The summed E-state index contributed by atoms with van der Waals surface area (Å²) in [5, 5.41) is 5.68. The van der Waals surface area contributed by atoms with Crippen LogP contribution in [0.2, 0.25) is 5.02 Å². The van der Waals surface area contributed by atoms with E-state index >= 15 is 0 Å². The molecule has 0 saturated heterocycles. The number of nitrogens with one attached hydrogen (secondary N) is 1. The van der Waals surface area contributed by atoms with Crippen molar-refractivity contribution in [2.75, 3.05) is 5.75 Å². The minimum absolute atomic E-state index is 0.163. The quantitative estimate of drug-likeness (QED) is 0.393. The zero-order valence-corrected chi connectivity index (χ0v) is 16.1. The highest BCUT2D eigenvalue weighted by Gasteiger charge is 2.08. The number of benzene rings is 2. The number of thioether (sulfide) groups is 1. The number of aryl methyl sites for hydroxylation is 2. The first kappa shape index (κ1) is 18.4. The first-order valence-corrected chi connectivity index (χ1v) is 9.46. The second-order valence-corrected chi connectivity index (χ2v) is 7.37. The van der Waals surface area contributed by atoms with Crippen LogP contribution in [0.15, 0.2) is 58.5 Å². The SMILES string of the molecule is Cc1ccc2nc(C)cc(SCC(=O)N/N=C\c3cccc(Cl)c3)c2c1. The molecule has 0 aliphatic rings. The number of hydrogen-bond acceptors (Lipinski definition) is 4. The Hall–Kier alpha value is -2.37. The van der Waals surface area contributed by atoms with Crippen LogP contribution in [0.1, 0.15) is 16.8 Å². The van der Waals surface area contributed by atoms with Gasteiger partial charge in [-0.15, -0.1) is 11.8 Å². The maximum absolute atomic E-state index is 12.1. The van der Waals surface area contributed by atoms with E-state index in [1.165, 1.54) is 17.3 Å². The highest BCUT2D eigenvalue weighted by atomic mass is 35.5. The first-order chi connectivity index (χ1) is 12.5. The molecular weight excluding hydrogens is 366 g/mol. The Balaban J connectivity index is 1.64. The third kappa shape index (κ3) is 4.84. The molecule has 132 valence electrons. The van der Waals surface area contributed by atoms with Crippen LogP contribution in [0.25, 0.3) is 10.9 Å². The van der Waals surface area contributed by atoms with Crippen LogP contribution in [0.3, 0.4) is 0 Å². The molecule has 3 rings (SSSR count). The Morgan fingerprint density at radius 2 is 2.08 bits per heavy atom. The summed E-state index contributed by atoms with van der Waals surface area (Å²) in [6.07, 6.45) is 1.57. The number of pyridine rings is 1. The lowest BCUT2D eigenvalue weighted by Crippen LogP contribution is -2.19. The molecule has 0 atom stereocenters. The number of carbonyl (C=O) groups is 1. The molecule has 0 bridgehead atoms. The van der Waals surface area contributed by atoms with Crippen molar-refractivity contribution in [2.45, 2.75) is 18.7 Å². The van der Waals surface area contributed by atoms with E-state index in [1.54, 1.807) is 18.3 Å². The molecule has 0 aliphatic carbocycles. The first-order valence-electron chi connectivity index (χ1n) is 8.09. The fourth-order valence-electron chi connectivity index (χ4n) is 2.50. The van der Waals surface area contributed by atoms with E-state index in [0.29, 0.717) is 5.02 Å². The van der Waals surface area contributed by atoms with E-state index < -0.39 is 0 Å². The molecule has 1 heterocycles.